The summed E-state index contributed by atoms with van der Waals surface area (Å²) in [5.41, 5.74) is 11.6. The summed E-state index contributed by atoms with van der Waals surface area (Å²) in [4.78, 5) is 55.8. The van der Waals surface area contributed by atoms with Gasteiger partial charge in [0, 0.05) is 6.07 Å². The predicted molar refractivity (Wildman–Crippen MR) is 149 cm³/mol. The number of hydrogen-bond acceptors (Lipinski definition) is 11. The molecule has 0 spiro atoms. The molecule has 4 atom stereocenters. The zero-order valence-corrected chi connectivity index (χ0v) is 22.1. The van der Waals surface area contributed by atoms with Crippen molar-refractivity contribution in [2.45, 2.75) is 24.5 Å². The summed E-state index contributed by atoms with van der Waals surface area (Å²) in [5.74, 6) is -2.49. The van der Waals surface area contributed by atoms with Crippen LogP contribution in [0.15, 0.2) is 102 Å². The fourth-order valence-corrected chi connectivity index (χ4v) is 4.45. The van der Waals surface area contributed by atoms with Gasteiger partial charge in [-0.15, -0.1) is 0 Å². The number of esters is 3. The second-order valence-corrected chi connectivity index (χ2v) is 9.26. The van der Waals surface area contributed by atoms with Crippen LogP contribution in [0.3, 0.4) is 0 Å². The number of nitrogens with two attached hydrogens (primary N) is 2. The molecule has 12 nitrogen and oxygen atoms in total. The third-order valence-corrected chi connectivity index (χ3v) is 6.44. The van der Waals surface area contributed by atoms with Crippen LogP contribution in [-0.4, -0.2) is 52.4 Å². The van der Waals surface area contributed by atoms with Gasteiger partial charge in [-0.1, -0.05) is 54.6 Å². The maximum atomic E-state index is 13.2. The fraction of sp³-hybridized carbons (Fsp3) is 0.167. The Morgan fingerprint density at radius 1 is 0.738 bits per heavy atom. The summed E-state index contributed by atoms with van der Waals surface area (Å²) in [6.45, 7) is -0.423. The Morgan fingerprint density at radius 2 is 1.21 bits per heavy atom. The van der Waals surface area contributed by atoms with E-state index in [-0.39, 0.29) is 28.3 Å². The molecule has 4 aromatic rings. The van der Waals surface area contributed by atoms with Crippen molar-refractivity contribution in [3.05, 3.63) is 124 Å². The summed E-state index contributed by atoms with van der Waals surface area (Å²) >= 11 is 0. The molecule has 1 fully saturated rings. The van der Waals surface area contributed by atoms with Crippen LogP contribution in [0.1, 0.15) is 37.3 Å². The first-order valence-corrected chi connectivity index (χ1v) is 12.9. The highest BCUT2D eigenvalue weighted by Crippen LogP contribution is 2.36. The van der Waals surface area contributed by atoms with Crippen molar-refractivity contribution in [2.75, 3.05) is 18.1 Å². The molecule has 1 aromatic heterocycles. The third-order valence-electron chi connectivity index (χ3n) is 6.44. The number of aromatic nitrogens is 2. The molecule has 214 valence electrons. The van der Waals surface area contributed by atoms with Gasteiger partial charge < -0.3 is 30.4 Å². The van der Waals surface area contributed by atoms with Gasteiger partial charge in [0.15, 0.2) is 18.4 Å². The zero-order chi connectivity index (χ0) is 29.6. The molecule has 0 bridgehead atoms. The van der Waals surface area contributed by atoms with Gasteiger partial charge in [0.25, 0.3) is 0 Å². The first-order chi connectivity index (χ1) is 20.3. The molecule has 1 aliphatic heterocycles. The molecule has 1 saturated heterocycles. The number of ether oxygens (including phenoxy) is 4. The van der Waals surface area contributed by atoms with Gasteiger partial charge in [-0.2, -0.15) is 4.98 Å². The third kappa shape index (κ3) is 6.13. The molecule has 42 heavy (non-hydrogen) atoms. The Balaban J connectivity index is 1.52. The van der Waals surface area contributed by atoms with Crippen LogP contribution in [0, 0.1) is 0 Å². The van der Waals surface area contributed by atoms with Crippen molar-refractivity contribution < 1.29 is 33.3 Å². The maximum Gasteiger partial charge on any atom is 0.353 e. The van der Waals surface area contributed by atoms with E-state index in [1.807, 2.05) is 0 Å². The minimum atomic E-state index is -1.42. The standard InChI is InChI=1S/C30H26N4O8/c31-22-16-23(32)34(30(38)33-22)26-25(42-29(37)20-14-8-3-9-15-20)24(41-28(36)19-12-6-2-7-13-19)21(40-26)17-39-27(35)18-10-4-1-5-11-18/h1-16,21,24-26H,17,32H2,(H2,31,33,38)/t21-,24-,25-,26-/m1/s1. The number of carbonyl (C=O) groups excluding carboxylic acids is 3. The molecule has 0 aliphatic carbocycles. The number of hydrogen-bond donors (Lipinski definition) is 2. The molecular formula is C30H26N4O8. The van der Waals surface area contributed by atoms with E-state index in [2.05, 4.69) is 4.98 Å². The van der Waals surface area contributed by atoms with E-state index in [0.29, 0.717) is 0 Å². The molecule has 0 amide bonds. The topological polar surface area (TPSA) is 175 Å². The SMILES string of the molecule is Nc1cc(N)n([C@@H]2O[C@H](COC(=O)c3ccccc3)[C@@H](OC(=O)c3ccccc3)[C@H]2OC(=O)c2ccccc2)c(=O)n1. The van der Waals surface area contributed by atoms with Crippen molar-refractivity contribution in [3.8, 4) is 0 Å². The minimum absolute atomic E-state index is 0.134. The Labute approximate surface area is 239 Å². The van der Waals surface area contributed by atoms with Gasteiger partial charge in [-0.3, -0.25) is 0 Å². The van der Waals surface area contributed by atoms with Crippen LogP contribution in [0.2, 0.25) is 0 Å². The second kappa shape index (κ2) is 12.4. The minimum Gasteiger partial charge on any atom is -0.459 e. The Hall–Kier alpha value is -5.49. The summed E-state index contributed by atoms with van der Waals surface area (Å²) < 4.78 is 24.2. The monoisotopic (exact) mass is 570 g/mol. The molecule has 1 aliphatic rings. The molecule has 0 unspecified atom stereocenters. The van der Waals surface area contributed by atoms with Crippen molar-refractivity contribution in [2.24, 2.45) is 0 Å². The molecule has 5 rings (SSSR count). The molecule has 2 heterocycles. The summed E-state index contributed by atoms with van der Waals surface area (Å²) in [6.07, 6.45) is -5.38. The van der Waals surface area contributed by atoms with Gasteiger partial charge >= 0.3 is 23.6 Å². The molecule has 3 aromatic carbocycles. The number of anilines is 2. The van der Waals surface area contributed by atoms with E-state index >= 15 is 0 Å². The van der Waals surface area contributed by atoms with E-state index < -0.39 is 54.7 Å². The number of nitrogen functional groups attached to an aromatic ring is 2. The number of benzene rings is 3. The highest BCUT2D eigenvalue weighted by Gasteiger charge is 2.52. The fourth-order valence-electron chi connectivity index (χ4n) is 4.45. The number of nitrogens with zero attached hydrogens (tertiary/aromatic N) is 2. The van der Waals surface area contributed by atoms with Crippen LogP contribution < -0.4 is 17.2 Å². The Bertz CT molecular complexity index is 1630. The lowest BCUT2D eigenvalue weighted by molar-refractivity contribution is -0.0629. The second-order valence-electron chi connectivity index (χ2n) is 9.26. The van der Waals surface area contributed by atoms with Gasteiger partial charge in [-0.25, -0.2) is 23.7 Å². The van der Waals surface area contributed by atoms with Crippen LogP contribution in [-0.2, 0) is 18.9 Å². The molecule has 12 heteroatoms. The quantitative estimate of drug-likeness (QED) is 0.235. The van der Waals surface area contributed by atoms with Crippen LogP contribution in [0.25, 0.3) is 0 Å². The van der Waals surface area contributed by atoms with E-state index in [1.54, 1.807) is 66.7 Å². The first kappa shape index (κ1) is 28.1. The molecule has 0 radical (unpaired) electrons. The predicted octanol–water partition coefficient (Wildman–Crippen LogP) is 2.61. The van der Waals surface area contributed by atoms with E-state index in [9.17, 15) is 19.2 Å². The lowest BCUT2D eigenvalue weighted by Crippen LogP contribution is -2.43. The highest BCUT2D eigenvalue weighted by molar-refractivity contribution is 5.91. The zero-order valence-electron chi connectivity index (χ0n) is 22.1. The number of carbonyl (C=O) groups is 3. The van der Waals surface area contributed by atoms with Gasteiger partial charge in [0.2, 0.25) is 0 Å². The van der Waals surface area contributed by atoms with E-state index in [4.69, 9.17) is 30.4 Å². The normalized spacial score (nSPS) is 19.5. The largest absolute Gasteiger partial charge is 0.459 e. The van der Waals surface area contributed by atoms with Crippen molar-refractivity contribution in [3.63, 3.8) is 0 Å². The van der Waals surface area contributed by atoms with E-state index in [1.165, 1.54) is 30.3 Å². The lowest BCUT2D eigenvalue weighted by Gasteiger charge is -2.25. The average Bonchev–Trinajstić information content (AvgIpc) is 3.32. The van der Waals surface area contributed by atoms with Gasteiger partial charge in [0.05, 0.1) is 16.7 Å². The Kier molecular flexibility index (Phi) is 8.25. The van der Waals surface area contributed by atoms with Crippen molar-refractivity contribution in [1.82, 2.24) is 9.55 Å². The van der Waals surface area contributed by atoms with Crippen molar-refractivity contribution >= 4 is 29.5 Å². The Morgan fingerprint density at radius 3 is 1.71 bits per heavy atom. The number of rotatable bonds is 8. The molecular weight excluding hydrogens is 544 g/mol. The van der Waals surface area contributed by atoms with Gasteiger partial charge in [0.1, 0.15) is 24.3 Å². The average molecular weight is 571 g/mol. The summed E-state index contributed by atoms with van der Waals surface area (Å²) in [5, 5.41) is 0. The maximum absolute atomic E-state index is 13.2. The highest BCUT2D eigenvalue weighted by atomic mass is 16.7. The lowest BCUT2D eigenvalue weighted by atomic mass is 10.1. The molecule has 0 saturated carbocycles. The van der Waals surface area contributed by atoms with Crippen LogP contribution in [0.4, 0.5) is 11.6 Å². The smallest absolute Gasteiger partial charge is 0.353 e. The molecule has 4 N–H and O–H groups in total. The summed E-state index contributed by atoms with van der Waals surface area (Å²) in [7, 11) is 0. The van der Waals surface area contributed by atoms with Crippen LogP contribution >= 0.6 is 0 Å². The summed E-state index contributed by atoms with van der Waals surface area (Å²) in [6, 6.07) is 25.6. The first-order valence-electron chi connectivity index (χ1n) is 12.9. The van der Waals surface area contributed by atoms with E-state index in [0.717, 1.165) is 4.57 Å². The van der Waals surface area contributed by atoms with Crippen molar-refractivity contribution in [1.29, 1.82) is 0 Å². The van der Waals surface area contributed by atoms with Crippen LogP contribution in [0.5, 0.6) is 0 Å². The van der Waals surface area contributed by atoms with Gasteiger partial charge in [-0.05, 0) is 36.4 Å².